The van der Waals surface area contributed by atoms with Crippen molar-refractivity contribution in [3.63, 3.8) is 0 Å². The number of aromatic nitrogens is 2. The number of nitrogens with one attached hydrogen (secondary N) is 1. The Morgan fingerprint density at radius 3 is 2.72 bits per heavy atom. The number of nitrogens with zero attached hydrogens (tertiary/aromatic N) is 2. The topological polar surface area (TPSA) is 54.9 Å². The van der Waals surface area contributed by atoms with Gasteiger partial charge in [-0.2, -0.15) is 0 Å². The van der Waals surface area contributed by atoms with Crippen molar-refractivity contribution in [1.29, 1.82) is 0 Å². The Morgan fingerprint density at radius 2 is 1.94 bits per heavy atom. The Balaban J connectivity index is 2.00. The molecular weight excluding hydrogens is 246 g/mol. The number of para-hydroxylation sites is 1. The van der Waals surface area contributed by atoms with E-state index in [4.69, 9.17) is 0 Å². The molecule has 1 aromatic carbocycles. The second kappa shape index (κ2) is 4.49. The molecular formula is C13H13N3OS. The van der Waals surface area contributed by atoms with Gasteiger partial charge in [-0.15, -0.1) is 0 Å². The van der Waals surface area contributed by atoms with Crippen molar-refractivity contribution < 1.29 is 4.21 Å². The van der Waals surface area contributed by atoms with Gasteiger partial charge in [-0.3, -0.25) is 4.21 Å². The summed E-state index contributed by atoms with van der Waals surface area (Å²) in [6.07, 6.45) is 0. The van der Waals surface area contributed by atoms with E-state index < -0.39 is 10.8 Å². The minimum absolute atomic E-state index is 0.544. The van der Waals surface area contributed by atoms with E-state index in [1.807, 2.05) is 37.3 Å². The minimum Gasteiger partial charge on any atom is -0.340 e. The van der Waals surface area contributed by atoms with Crippen LogP contribution in [0.25, 0.3) is 0 Å². The molecule has 0 amide bonds. The summed E-state index contributed by atoms with van der Waals surface area (Å²) in [5.74, 6) is 2.59. The molecule has 0 aliphatic carbocycles. The molecule has 92 valence electrons. The molecule has 0 radical (unpaired) electrons. The molecule has 1 unspecified atom stereocenters. The maximum absolute atomic E-state index is 11.6. The third-order valence-corrected chi connectivity index (χ3v) is 4.05. The normalized spacial score (nSPS) is 17.5. The standard InChI is InChI=1S/C13H13N3OS/c1-9-14-12-8-18(17)7-11(12)13(15-9)16-10-5-3-2-4-6-10/h2-6H,7-8H2,1H3,(H,14,15,16). The number of benzene rings is 1. The van der Waals surface area contributed by atoms with Crippen molar-refractivity contribution in [2.24, 2.45) is 0 Å². The van der Waals surface area contributed by atoms with Gasteiger partial charge in [-0.1, -0.05) is 18.2 Å². The van der Waals surface area contributed by atoms with Crippen LogP contribution in [0.1, 0.15) is 17.1 Å². The Labute approximate surface area is 108 Å². The maximum atomic E-state index is 11.6. The summed E-state index contributed by atoms with van der Waals surface area (Å²) in [5, 5.41) is 3.28. The summed E-state index contributed by atoms with van der Waals surface area (Å²) in [5.41, 5.74) is 2.89. The van der Waals surface area contributed by atoms with Crippen molar-refractivity contribution in [2.45, 2.75) is 18.4 Å². The van der Waals surface area contributed by atoms with E-state index in [-0.39, 0.29) is 0 Å². The molecule has 1 aromatic heterocycles. The van der Waals surface area contributed by atoms with Crippen LogP contribution in [-0.2, 0) is 22.3 Å². The molecule has 0 spiro atoms. The fourth-order valence-electron chi connectivity index (χ4n) is 2.05. The van der Waals surface area contributed by atoms with Crippen molar-refractivity contribution in [2.75, 3.05) is 5.32 Å². The summed E-state index contributed by atoms with van der Waals surface area (Å²) in [7, 11) is -0.838. The first kappa shape index (κ1) is 11.3. The average Bonchev–Trinajstić information content (AvgIpc) is 2.71. The molecule has 4 nitrogen and oxygen atoms in total. The summed E-state index contributed by atoms with van der Waals surface area (Å²) in [6, 6.07) is 9.87. The highest BCUT2D eigenvalue weighted by molar-refractivity contribution is 7.83. The van der Waals surface area contributed by atoms with Gasteiger partial charge in [0.1, 0.15) is 11.6 Å². The average molecular weight is 259 g/mol. The molecule has 0 bridgehead atoms. The number of hydrogen-bond acceptors (Lipinski definition) is 4. The monoisotopic (exact) mass is 259 g/mol. The molecule has 0 fully saturated rings. The molecule has 3 rings (SSSR count). The highest BCUT2D eigenvalue weighted by Crippen LogP contribution is 2.28. The predicted octanol–water partition coefficient (Wildman–Crippen LogP) is 2.29. The lowest BCUT2D eigenvalue weighted by Crippen LogP contribution is -2.03. The van der Waals surface area contributed by atoms with Crippen LogP contribution in [0.15, 0.2) is 30.3 Å². The van der Waals surface area contributed by atoms with Crippen LogP contribution in [0.2, 0.25) is 0 Å². The van der Waals surface area contributed by atoms with E-state index in [0.717, 1.165) is 22.8 Å². The number of anilines is 2. The van der Waals surface area contributed by atoms with E-state index >= 15 is 0 Å². The number of aryl methyl sites for hydroxylation is 1. The lowest BCUT2D eigenvalue weighted by Gasteiger charge is -2.10. The number of hydrogen-bond donors (Lipinski definition) is 1. The lowest BCUT2D eigenvalue weighted by atomic mass is 10.2. The Bertz CT molecular complexity index is 613. The van der Waals surface area contributed by atoms with Gasteiger partial charge in [0.05, 0.1) is 17.2 Å². The van der Waals surface area contributed by atoms with E-state index in [2.05, 4.69) is 15.3 Å². The van der Waals surface area contributed by atoms with Crippen LogP contribution in [0.3, 0.4) is 0 Å². The third kappa shape index (κ3) is 2.13. The van der Waals surface area contributed by atoms with Crippen LogP contribution in [0.5, 0.6) is 0 Å². The lowest BCUT2D eigenvalue weighted by molar-refractivity contribution is 0.684. The second-order valence-electron chi connectivity index (χ2n) is 4.26. The quantitative estimate of drug-likeness (QED) is 0.899. The van der Waals surface area contributed by atoms with Gasteiger partial charge in [0, 0.05) is 22.1 Å². The molecule has 0 saturated carbocycles. The third-order valence-electron chi connectivity index (χ3n) is 2.84. The first-order chi connectivity index (χ1) is 8.72. The van der Waals surface area contributed by atoms with Crippen LogP contribution < -0.4 is 5.32 Å². The van der Waals surface area contributed by atoms with E-state index in [1.54, 1.807) is 0 Å². The van der Waals surface area contributed by atoms with Gasteiger partial charge in [0.25, 0.3) is 0 Å². The van der Waals surface area contributed by atoms with Crippen LogP contribution >= 0.6 is 0 Å². The molecule has 1 N–H and O–H groups in total. The molecule has 2 aromatic rings. The Hall–Kier alpha value is -1.75. The summed E-state index contributed by atoms with van der Waals surface area (Å²) < 4.78 is 11.6. The minimum atomic E-state index is -0.838. The predicted molar refractivity (Wildman–Crippen MR) is 72.0 cm³/mol. The summed E-state index contributed by atoms with van der Waals surface area (Å²) >= 11 is 0. The van der Waals surface area contributed by atoms with Gasteiger partial charge in [0.2, 0.25) is 0 Å². The van der Waals surface area contributed by atoms with Crippen molar-refractivity contribution in [3.8, 4) is 0 Å². The van der Waals surface area contributed by atoms with Crippen molar-refractivity contribution in [3.05, 3.63) is 47.4 Å². The fourth-order valence-corrected chi connectivity index (χ4v) is 3.32. The van der Waals surface area contributed by atoms with Gasteiger partial charge in [0.15, 0.2) is 0 Å². The molecule has 18 heavy (non-hydrogen) atoms. The smallest absolute Gasteiger partial charge is 0.138 e. The van der Waals surface area contributed by atoms with Crippen molar-refractivity contribution >= 4 is 22.3 Å². The van der Waals surface area contributed by atoms with Crippen LogP contribution in [0.4, 0.5) is 11.5 Å². The Kier molecular flexibility index (Phi) is 2.83. The molecule has 0 saturated heterocycles. The number of rotatable bonds is 2. The van der Waals surface area contributed by atoms with Gasteiger partial charge in [-0.05, 0) is 19.1 Å². The first-order valence-corrected chi connectivity index (χ1v) is 7.24. The highest BCUT2D eigenvalue weighted by atomic mass is 32.2. The largest absolute Gasteiger partial charge is 0.340 e. The SMILES string of the molecule is Cc1nc2c(c(Nc3ccccc3)n1)CS(=O)C2. The molecule has 1 aliphatic rings. The first-order valence-electron chi connectivity index (χ1n) is 5.76. The zero-order valence-electron chi connectivity index (χ0n) is 10.0. The van der Waals surface area contributed by atoms with Crippen LogP contribution in [0, 0.1) is 6.92 Å². The molecule has 1 aliphatic heterocycles. The Morgan fingerprint density at radius 1 is 1.17 bits per heavy atom. The molecule has 2 heterocycles. The van der Waals surface area contributed by atoms with Gasteiger partial charge < -0.3 is 5.32 Å². The summed E-state index contributed by atoms with van der Waals surface area (Å²) in [4.78, 5) is 8.78. The molecule has 1 atom stereocenters. The fraction of sp³-hybridized carbons (Fsp3) is 0.231. The summed E-state index contributed by atoms with van der Waals surface area (Å²) in [6.45, 7) is 1.86. The van der Waals surface area contributed by atoms with E-state index in [1.165, 1.54) is 0 Å². The second-order valence-corrected chi connectivity index (χ2v) is 5.72. The van der Waals surface area contributed by atoms with E-state index in [9.17, 15) is 4.21 Å². The van der Waals surface area contributed by atoms with Crippen molar-refractivity contribution in [1.82, 2.24) is 9.97 Å². The van der Waals surface area contributed by atoms with Gasteiger partial charge >= 0.3 is 0 Å². The van der Waals surface area contributed by atoms with Crippen LogP contribution in [-0.4, -0.2) is 14.2 Å². The van der Waals surface area contributed by atoms with Gasteiger partial charge in [-0.25, -0.2) is 9.97 Å². The zero-order valence-corrected chi connectivity index (χ0v) is 10.8. The zero-order chi connectivity index (χ0) is 12.5. The molecule has 5 heteroatoms. The number of fused-ring (bicyclic) bond motifs is 1. The maximum Gasteiger partial charge on any atom is 0.138 e. The van der Waals surface area contributed by atoms with E-state index in [0.29, 0.717) is 17.3 Å². The highest BCUT2D eigenvalue weighted by Gasteiger charge is 2.23.